The molecule has 1 aliphatic heterocycles. The Kier molecular flexibility index (Phi) is 7.45. The van der Waals surface area contributed by atoms with Crippen LogP contribution < -0.4 is 4.90 Å². The fraction of sp³-hybridized carbons (Fsp3) is 0.393. The third kappa shape index (κ3) is 6.12. The highest BCUT2D eigenvalue weighted by Gasteiger charge is 2.30. The van der Waals surface area contributed by atoms with Gasteiger partial charge in [-0.1, -0.05) is 12.1 Å². The summed E-state index contributed by atoms with van der Waals surface area (Å²) in [6.45, 7) is 10.7. The van der Waals surface area contributed by atoms with E-state index in [9.17, 15) is 9.59 Å². The van der Waals surface area contributed by atoms with E-state index in [1.165, 1.54) is 5.56 Å². The van der Waals surface area contributed by atoms with Crippen molar-refractivity contribution in [1.82, 2.24) is 19.6 Å². The molecule has 1 fully saturated rings. The van der Waals surface area contributed by atoms with E-state index in [1.807, 2.05) is 74.3 Å². The normalized spacial score (nSPS) is 16.6. The van der Waals surface area contributed by atoms with Crippen molar-refractivity contribution in [2.75, 3.05) is 31.6 Å². The van der Waals surface area contributed by atoms with Crippen LogP contribution in [0, 0.1) is 0 Å². The molecule has 2 heterocycles. The van der Waals surface area contributed by atoms with Gasteiger partial charge in [-0.3, -0.25) is 9.69 Å². The second kappa shape index (κ2) is 10.5. The third-order valence-electron chi connectivity index (χ3n) is 6.26. The molecule has 0 radical (unpaired) electrons. The topological polar surface area (TPSA) is 70.9 Å². The monoisotopic (exact) mass is 489 g/mol. The Morgan fingerprint density at radius 3 is 2.33 bits per heavy atom. The minimum atomic E-state index is -0.492. The molecule has 2 aromatic carbocycles. The first-order valence-electron chi connectivity index (χ1n) is 12.3. The molecule has 8 heteroatoms. The fourth-order valence-electron chi connectivity index (χ4n) is 4.34. The first-order chi connectivity index (χ1) is 17.1. The quantitative estimate of drug-likeness (QED) is 0.524. The lowest BCUT2D eigenvalue weighted by molar-refractivity contribution is 0.000552. The molecule has 8 nitrogen and oxygen atoms in total. The molecular formula is C28H35N5O3. The van der Waals surface area contributed by atoms with E-state index in [0.717, 1.165) is 31.0 Å². The zero-order valence-electron chi connectivity index (χ0n) is 21.7. The minimum Gasteiger partial charge on any atom is -0.444 e. The van der Waals surface area contributed by atoms with Crippen molar-refractivity contribution < 1.29 is 14.3 Å². The predicted molar refractivity (Wildman–Crippen MR) is 140 cm³/mol. The van der Waals surface area contributed by atoms with Gasteiger partial charge in [0.05, 0.1) is 5.69 Å². The summed E-state index contributed by atoms with van der Waals surface area (Å²) in [5.41, 5.74) is 3.04. The fourth-order valence-corrected chi connectivity index (χ4v) is 4.34. The molecule has 0 unspecified atom stereocenters. The largest absolute Gasteiger partial charge is 0.444 e. The van der Waals surface area contributed by atoms with Crippen molar-refractivity contribution in [1.29, 1.82) is 0 Å². The van der Waals surface area contributed by atoms with Crippen molar-refractivity contribution in [3.05, 3.63) is 78.1 Å². The van der Waals surface area contributed by atoms with Gasteiger partial charge in [-0.15, -0.1) is 0 Å². The van der Waals surface area contributed by atoms with Crippen molar-refractivity contribution in [3.8, 4) is 5.69 Å². The Balaban J connectivity index is 1.32. The molecule has 2 amide bonds. The molecule has 0 aliphatic carbocycles. The van der Waals surface area contributed by atoms with E-state index in [2.05, 4.69) is 29.1 Å². The average Bonchev–Trinajstić information content (AvgIpc) is 3.38. The van der Waals surface area contributed by atoms with Gasteiger partial charge in [0.25, 0.3) is 5.91 Å². The van der Waals surface area contributed by atoms with E-state index in [4.69, 9.17) is 4.74 Å². The molecule has 3 aromatic rings. The van der Waals surface area contributed by atoms with Gasteiger partial charge >= 0.3 is 6.09 Å². The van der Waals surface area contributed by atoms with Crippen molar-refractivity contribution in [2.24, 2.45) is 0 Å². The molecule has 1 aromatic heterocycles. The Hall–Kier alpha value is -3.65. The maximum absolute atomic E-state index is 13.0. The van der Waals surface area contributed by atoms with E-state index in [-0.39, 0.29) is 18.0 Å². The number of carbonyl (C=O) groups is 2. The number of nitrogens with zero attached hydrogens (tertiary/aromatic N) is 5. The number of benzene rings is 2. The van der Waals surface area contributed by atoms with Gasteiger partial charge < -0.3 is 14.5 Å². The SMILES string of the molecule is C[C@H]1CN(Cc2ccc(N(C)C(=O)c3ccc(-n4cccn4)cc3)cc2)CCN1C(=O)OC(C)(C)C. The number of carbonyl (C=O) groups excluding carboxylic acids is 2. The molecule has 1 saturated heterocycles. The number of piperazine rings is 1. The Labute approximate surface area is 213 Å². The van der Waals surface area contributed by atoms with Crippen LogP contribution in [0.5, 0.6) is 0 Å². The van der Waals surface area contributed by atoms with Crippen LogP contribution in [-0.2, 0) is 11.3 Å². The summed E-state index contributed by atoms with van der Waals surface area (Å²) in [5, 5.41) is 4.22. The highest BCUT2D eigenvalue weighted by Crippen LogP contribution is 2.21. The van der Waals surface area contributed by atoms with Crippen LogP contribution in [0.25, 0.3) is 5.69 Å². The van der Waals surface area contributed by atoms with Gasteiger partial charge in [0.2, 0.25) is 0 Å². The maximum atomic E-state index is 13.0. The summed E-state index contributed by atoms with van der Waals surface area (Å²) in [7, 11) is 1.79. The minimum absolute atomic E-state index is 0.0677. The van der Waals surface area contributed by atoms with Crippen LogP contribution in [0.3, 0.4) is 0 Å². The summed E-state index contributed by atoms with van der Waals surface area (Å²) in [6, 6.07) is 17.4. The number of anilines is 1. The zero-order valence-corrected chi connectivity index (χ0v) is 21.7. The number of hydrogen-bond acceptors (Lipinski definition) is 5. The maximum Gasteiger partial charge on any atom is 0.410 e. The lowest BCUT2D eigenvalue weighted by atomic mass is 10.1. The Morgan fingerprint density at radius 1 is 1.06 bits per heavy atom. The smallest absolute Gasteiger partial charge is 0.410 e. The number of ether oxygens (including phenoxy) is 1. The summed E-state index contributed by atoms with van der Waals surface area (Å²) in [6.07, 6.45) is 3.34. The second-order valence-electron chi connectivity index (χ2n) is 10.3. The second-order valence-corrected chi connectivity index (χ2v) is 10.3. The standard InChI is InChI=1S/C28H35N5O3/c1-21-19-31(17-18-32(21)27(35)36-28(2,3)4)20-22-7-11-24(12-8-22)30(5)26(34)23-9-13-25(14-10-23)33-16-6-15-29-33/h6-16,21H,17-20H2,1-5H3/t21-/m0/s1. The average molecular weight is 490 g/mol. The molecule has 190 valence electrons. The lowest BCUT2D eigenvalue weighted by Crippen LogP contribution is -2.54. The van der Waals surface area contributed by atoms with Crippen LogP contribution in [0.1, 0.15) is 43.6 Å². The van der Waals surface area contributed by atoms with Crippen molar-refractivity contribution in [3.63, 3.8) is 0 Å². The van der Waals surface area contributed by atoms with Gasteiger partial charge in [-0.2, -0.15) is 5.10 Å². The molecule has 0 N–H and O–H groups in total. The van der Waals surface area contributed by atoms with Crippen molar-refractivity contribution >= 4 is 17.7 Å². The first-order valence-corrected chi connectivity index (χ1v) is 12.3. The Bertz CT molecular complexity index is 1170. The van der Waals surface area contributed by atoms with E-state index in [1.54, 1.807) is 22.8 Å². The molecule has 1 atom stereocenters. The Morgan fingerprint density at radius 2 is 1.75 bits per heavy atom. The molecular weight excluding hydrogens is 454 g/mol. The summed E-state index contributed by atoms with van der Waals surface area (Å²) >= 11 is 0. The van der Waals surface area contributed by atoms with Crippen LogP contribution in [0.2, 0.25) is 0 Å². The van der Waals surface area contributed by atoms with Gasteiger partial charge in [-0.25, -0.2) is 9.48 Å². The third-order valence-corrected chi connectivity index (χ3v) is 6.26. The zero-order chi connectivity index (χ0) is 25.9. The van der Waals surface area contributed by atoms with Crippen molar-refractivity contribution in [2.45, 2.75) is 45.9 Å². The summed E-state index contributed by atoms with van der Waals surface area (Å²) in [5.74, 6) is -0.0677. The summed E-state index contributed by atoms with van der Waals surface area (Å²) in [4.78, 5) is 31.3. The van der Waals surface area contributed by atoms with Crippen LogP contribution >= 0.6 is 0 Å². The molecule has 0 spiro atoms. The lowest BCUT2D eigenvalue weighted by Gasteiger charge is -2.40. The van der Waals surface area contributed by atoms with Gasteiger partial charge in [-0.05, 0) is 75.7 Å². The highest BCUT2D eigenvalue weighted by atomic mass is 16.6. The first kappa shape index (κ1) is 25.4. The molecule has 1 aliphatic rings. The molecule has 4 rings (SSSR count). The number of hydrogen-bond donors (Lipinski definition) is 0. The van der Waals surface area contributed by atoms with Gasteiger partial charge in [0.15, 0.2) is 0 Å². The van der Waals surface area contributed by atoms with E-state index >= 15 is 0 Å². The van der Waals surface area contributed by atoms with Crippen LogP contribution in [-0.4, -0.2) is 69.9 Å². The van der Waals surface area contributed by atoms with Gasteiger partial charge in [0, 0.05) is 62.9 Å². The number of rotatable bonds is 5. The number of aromatic nitrogens is 2. The number of amides is 2. The predicted octanol–water partition coefficient (Wildman–Crippen LogP) is 4.59. The van der Waals surface area contributed by atoms with Crippen LogP contribution in [0.15, 0.2) is 67.0 Å². The van der Waals surface area contributed by atoms with E-state index in [0.29, 0.717) is 12.1 Å². The highest BCUT2D eigenvalue weighted by molar-refractivity contribution is 6.05. The van der Waals surface area contributed by atoms with Gasteiger partial charge in [0.1, 0.15) is 5.60 Å². The molecule has 36 heavy (non-hydrogen) atoms. The molecule has 0 bridgehead atoms. The van der Waals surface area contributed by atoms with E-state index < -0.39 is 5.60 Å². The molecule has 0 saturated carbocycles. The summed E-state index contributed by atoms with van der Waals surface area (Å²) < 4.78 is 7.30. The van der Waals surface area contributed by atoms with Crippen LogP contribution in [0.4, 0.5) is 10.5 Å².